The third kappa shape index (κ3) is 4.09. The van der Waals surface area contributed by atoms with Crippen LogP contribution in [0.25, 0.3) is 0 Å². The number of nitrogens with zero attached hydrogens (tertiary/aromatic N) is 2. The fourth-order valence-electron chi connectivity index (χ4n) is 1.58. The van der Waals surface area contributed by atoms with Crippen molar-refractivity contribution in [3.63, 3.8) is 0 Å². The maximum Gasteiger partial charge on any atom is 0.228 e. The average Bonchev–Trinajstić information content (AvgIpc) is 2.73. The fraction of sp³-hybridized carbons (Fsp3) is 0.833. The lowest BCUT2D eigenvalue weighted by atomic mass is 10.1. The Kier molecular flexibility index (Phi) is 5.58. The average molecular weight is 241 g/mol. The van der Waals surface area contributed by atoms with Gasteiger partial charge < -0.3 is 15.0 Å². The third-order valence-corrected chi connectivity index (χ3v) is 2.65. The number of aromatic nitrogens is 2. The van der Waals surface area contributed by atoms with Crippen molar-refractivity contribution in [2.75, 3.05) is 6.61 Å². The molecule has 0 fully saturated rings. The van der Waals surface area contributed by atoms with E-state index in [1.165, 1.54) is 0 Å². The van der Waals surface area contributed by atoms with E-state index in [0.717, 1.165) is 6.42 Å². The maximum atomic E-state index is 5.85. The molecule has 0 aromatic carbocycles. The highest BCUT2D eigenvalue weighted by Crippen LogP contribution is 2.23. The Morgan fingerprint density at radius 3 is 2.59 bits per heavy atom. The van der Waals surface area contributed by atoms with Gasteiger partial charge in [-0.15, -0.1) is 0 Å². The first kappa shape index (κ1) is 14.1. The zero-order valence-electron chi connectivity index (χ0n) is 11.1. The number of hydrogen-bond donors (Lipinski definition) is 1. The van der Waals surface area contributed by atoms with Crippen molar-refractivity contribution >= 4 is 0 Å². The third-order valence-electron chi connectivity index (χ3n) is 2.65. The van der Waals surface area contributed by atoms with Gasteiger partial charge in [0.2, 0.25) is 11.7 Å². The molecule has 0 aliphatic carbocycles. The number of nitrogens with two attached hydrogens (primary N) is 1. The molecule has 0 saturated heterocycles. The Morgan fingerprint density at radius 1 is 1.35 bits per heavy atom. The molecular formula is C12H23N3O2. The van der Waals surface area contributed by atoms with Crippen molar-refractivity contribution in [2.45, 2.75) is 52.7 Å². The van der Waals surface area contributed by atoms with E-state index in [-0.39, 0.29) is 12.1 Å². The van der Waals surface area contributed by atoms with Crippen LogP contribution in [0.2, 0.25) is 0 Å². The van der Waals surface area contributed by atoms with Gasteiger partial charge in [0.25, 0.3) is 0 Å². The van der Waals surface area contributed by atoms with E-state index in [1.54, 1.807) is 0 Å². The highest BCUT2D eigenvalue weighted by Gasteiger charge is 2.22. The highest BCUT2D eigenvalue weighted by molar-refractivity contribution is 4.94. The van der Waals surface area contributed by atoms with Crippen LogP contribution in [0.15, 0.2) is 4.52 Å². The molecule has 0 aliphatic rings. The molecule has 17 heavy (non-hydrogen) atoms. The minimum absolute atomic E-state index is 0.0768. The van der Waals surface area contributed by atoms with Crippen LogP contribution in [0.4, 0.5) is 0 Å². The van der Waals surface area contributed by atoms with E-state index in [9.17, 15) is 0 Å². The zero-order chi connectivity index (χ0) is 12.8. The van der Waals surface area contributed by atoms with Crippen LogP contribution in [-0.2, 0) is 11.2 Å². The van der Waals surface area contributed by atoms with Crippen LogP contribution in [0.1, 0.15) is 51.9 Å². The lowest BCUT2D eigenvalue weighted by Crippen LogP contribution is -2.21. The molecule has 1 aromatic rings. The number of rotatable bonds is 7. The number of ether oxygens (including phenoxy) is 1. The van der Waals surface area contributed by atoms with Crippen LogP contribution in [0.3, 0.4) is 0 Å². The molecule has 2 unspecified atom stereocenters. The summed E-state index contributed by atoms with van der Waals surface area (Å²) in [5.41, 5.74) is 5.85. The summed E-state index contributed by atoms with van der Waals surface area (Å²) in [4.78, 5) is 4.36. The van der Waals surface area contributed by atoms with Crippen molar-refractivity contribution < 1.29 is 9.26 Å². The monoisotopic (exact) mass is 241 g/mol. The topological polar surface area (TPSA) is 74.2 Å². The van der Waals surface area contributed by atoms with Crippen LogP contribution >= 0.6 is 0 Å². The second-order valence-electron chi connectivity index (χ2n) is 4.54. The first-order chi connectivity index (χ1) is 8.08. The van der Waals surface area contributed by atoms with Gasteiger partial charge in [-0.3, -0.25) is 0 Å². The molecule has 0 spiro atoms. The van der Waals surface area contributed by atoms with Gasteiger partial charge in [-0.05, 0) is 19.3 Å². The summed E-state index contributed by atoms with van der Waals surface area (Å²) < 4.78 is 10.8. The molecule has 98 valence electrons. The molecule has 5 nitrogen and oxygen atoms in total. The lowest BCUT2D eigenvalue weighted by Gasteiger charge is -2.16. The predicted octanol–water partition coefficient (Wildman–Crippen LogP) is 2.08. The normalized spacial score (nSPS) is 15.2. The number of hydrogen-bond acceptors (Lipinski definition) is 5. The summed E-state index contributed by atoms with van der Waals surface area (Å²) in [6.07, 6.45) is 1.42. The van der Waals surface area contributed by atoms with Crippen molar-refractivity contribution in [3.05, 3.63) is 11.7 Å². The first-order valence-electron chi connectivity index (χ1n) is 6.28. The SMILES string of the molecule is CCOC(c1noc(CC(N)CC)n1)C(C)C. The Morgan fingerprint density at radius 2 is 2.06 bits per heavy atom. The zero-order valence-corrected chi connectivity index (χ0v) is 11.1. The summed E-state index contributed by atoms with van der Waals surface area (Å²) in [5, 5.41) is 3.98. The van der Waals surface area contributed by atoms with Gasteiger partial charge in [-0.1, -0.05) is 25.9 Å². The van der Waals surface area contributed by atoms with Gasteiger partial charge in [0.15, 0.2) is 0 Å². The molecule has 0 bridgehead atoms. The maximum absolute atomic E-state index is 5.85. The summed E-state index contributed by atoms with van der Waals surface area (Å²) in [5.74, 6) is 1.54. The van der Waals surface area contributed by atoms with E-state index < -0.39 is 0 Å². The first-order valence-corrected chi connectivity index (χ1v) is 6.28. The van der Waals surface area contributed by atoms with Crippen LogP contribution in [0.5, 0.6) is 0 Å². The van der Waals surface area contributed by atoms with Crippen LogP contribution < -0.4 is 5.73 Å². The molecule has 0 amide bonds. The summed E-state index contributed by atoms with van der Waals surface area (Å²) in [7, 11) is 0. The highest BCUT2D eigenvalue weighted by atomic mass is 16.5. The molecule has 2 atom stereocenters. The standard InChI is InChI=1S/C12H23N3O2/c1-5-9(13)7-10-14-12(15-17-10)11(8(3)4)16-6-2/h8-9,11H,5-7,13H2,1-4H3. The van der Waals surface area contributed by atoms with Crippen molar-refractivity contribution in [1.82, 2.24) is 10.1 Å². The Hall–Kier alpha value is -0.940. The second kappa shape index (κ2) is 6.71. The molecule has 2 N–H and O–H groups in total. The molecule has 0 aliphatic heterocycles. The second-order valence-corrected chi connectivity index (χ2v) is 4.54. The Labute approximate surface area is 103 Å². The summed E-state index contributed by atoms with van der Waals surface area (Å²) in [6, 6.07) is 0.0768. The van der Waals surface area contributed by atoms with Crippen molar-refractivity contribution in [1.29, 1.82) is 0 Å². The molecular weight excluding hydrogens is 218 g/mol. The quantitative estimate of drug-likeness (QED) is 0.791. The molecule has 5 heteroatoms. The summed E-state index contributed by atoms with van der Waals surface area (Å²) in [6.45, 7) is 8.80. The molecule has 0 radical (unpaired) electrons. The van der Waals surface area contributed by atoms with Gasteiger partial charge in [0.05, 0.1) is 0 Å². The molecule has 1 rings (SSSR count). The minimum atomic E-state index is -0.102. The van der Waals surface area contributed by atoms with Gasteiger partial charge in [-0.2, -0.15) is 4.98 Å². The van der Waals surface area contributed by atoms with Gasteiger partial charge >= 0.3 is 0 Å². The van der Waals surface area contributed by atoms with E-state index in [1.807, 2.05) is 13.8 Å². The Balaban J connectivity index is 2.70. The smallest absolute Gasteiger partial charge is 0.228 e. The van der Waals surface area contributed by atoms with Gasteiger partial charge in [0, 0.05) is 19.1 Å². The summed E-state index contributed by atoms with van der Waals surface area (Å²) >= 11 is 0. The molecule has 1 heterocycles. The fourth-order valence-corrected chi connectivity index (χ4v) is 1.58. The van der Waals surface area contributed by atoms with Gasteiger partial charge in [0.1, 0.15) is 6.10 Å². The van der Waals surface area contributed by atoms with Gasteiger partial charge in [-0.25, -0.2) is 0 Å². The van der Waals surface area contributed by atoms with E-state index >= 15 is 0 Å². The Bertz CT molecular complexity index is 325. The predicted molar refractivity (Wildman–Crippen MR) is 65.5 cm³/mol. The minimum Gasteiger partial charge on any atom is -0.370 e. The van der Waals surface area contributed by atoms with Crippen molar-refractivity contribution in [2.24, 2.45) is 11.7 Å². The molecule has 1 aromatic heterocycles. The van der Waals surface area contributed by atoms with Crippen molar-refractivity contribution in [3.8, 4) is 0 Å². The van der Waals surface area contributed by atoms with Crippen LogP contribution in [0, 0.1) is 5.92 Å². The van der Waals surface area contributed by atoms with E-state index in [0.29, 0.717) is 30.7 Å². The largest absolute Gasteiger partial charge is 0.370 e. The van der Waals surface area contributed by atoms with E-state index in [2.05, 4.69) is 24.0 Å². The lowest BCUT2D eigenvalue weighted by molar-refractivity contribution is 0.0217. The van der Waals surface area contributed by atoms with E-state index in [4.69, 9.17) is 15.0 Å². The van der Waals surface area contributed by atoms with Crippen LogP contribution in [-0.4, -0.2) is 22.8 Å². The molecule has 0 saturated carbocycles.